The standard InChI is InChI=1S/C45H31N3.Pt/c1-2-13-33-29-44(28-32(33)12-1)30-45(39-18-5-4-17-38(39)44,34-15-11-14-31(26-34)40-19-7-9-24-46-40)35-22-23-37-36-16-3-6-20-41(36)48(42(37)27-35)43-21-8-10-25-47-43;/h1-25H,28-30H2;/q-2;+2. The fraction of sp³-hybridized carbons (Fsp3) is 0.111. The quantitative estimate of drug-likeness (QED) is 0.166. The Hall–Kier alpha value is -5.11. The fourth-order valence-corrected chi connectivity index (χ4v) is 8.91. The molecule has 10 rings (SSSR count). The molecule has 5 aromatic carbocycles. The van der Waals surface area contributed by atoms with E-state index in [0.29, 0.717) is 0 Å². The van der Waals surface area contributed by atoms with Crippen LogP contribution < -0.4 is 0 Å². The smallest absolute Gasteiger partial charge is 0.319 e. The van der Waals surface area contributed by atoms with E-state index in [2.05, 4.69) is 138 Å². The number of fused-ring (bicyclic) bond motifs is 6. The molecular formula is C45H31N3Pt. The van der Waals surface area contributed by atoms with Crippen molar-refractivity contribution in [3.05, 3.63) is 197 Å². The van der Waals surface area contributed by atoms with Crippen LogP contribution in [0, 0.1) is 12.1 Å². The number of aromatic nitrogens is 3. The number of para-hydroxylation sites is 1. The molecule has 2 aliphatic carbocycles. The van der Waals surface area contributed by atoms with Gasteiger partial charge in [0.1, 0.15) is 5.82 Å². The molecule has 236 valence electrons. The Bertz CT molecular complexity index is 2480. The van der Waals surface area contributed by atoms with Crippen molar-refractivity contribution in [3.8, 4) is 17.1 Å². The predicted molar refractivity (Wildman–Crippen MR) is 192 cm³/mol. The summed E-state index contributed by atoms with van der Waals surface area (Å²) in [6.07, 6.45) is 6.71. The van der Waals surface area contributed by atoms with Crippen LogP contribution in [0.2, 0.25) is 0 Å². The van der Waals surface area contributed by atoms with Crippen molar-refractivity contribution < 1.29 is 21.1 Å². The van der Waals surface area contributed by atoms with E-state index in [1.165, 1.54) is 33.0 Å². The van der Waals surface area contributed by atoms with E-state index in [-0.39, 0.29) is 26.5 Å². The molecule has 3 aromatic heterocycles. The third-order valence-electron chi connectivity index (χ3n) is 10.9. The maximum Gasteiger partial charge on any atom is 2.00 e. The van der Waals surface area contributed by atoms with Gasteiger partial charge in [0, 0.05) is 28.7 Å². The van der Waals surface area contributed by atoms with E-state index < -0.39 is 5.41 Å². The Morgan fingerprint density at radius 1 is 0.551 bits per heavy atom. The van der Waals surface area contributed by atoms with Crippen LogP contribution in [0.5, 0.6) is 0 Å². The zero-order chi connectivity index (χ0) is 31.7. The van der Waals surface area contributed by atoms with E-state index in [4.69, 9.17) is 9.97 Å². The summed E-state index contributed by atoms with van der Waals surface area (Å²) in [6.45, 7) is 0. The molecule has 1 unspecified atom stereocenters. The molecule has 2 aliphatic rings. The largest absolute Gasteiger partial charge is 2.00 e. The maximum absolute atomic E-state index is 4.82. The third-order valence-corrected chi connectivity index (χ3v) is 10.9. The first kappa shape index (κ1) is 30.0. The van der Waals surface area contributed by atoms with Gasteiger partial charge in [-0.05, 0) is 76.9 Å². The number of benzene rings is 5. The molecule has 1 atom stereocenters. The topological polar surface area (TPSA) is 30.7 Å². The number of hydrogen-bond acceptors (Lipinski definition) is 2. The number of rotatable bonds is 4. The Kier molecular flexibility index (Phi) is 7.04. The second-order valence-corrected chi connectivity index (χ2v) is 13.4. The van der Waals surface area contributed by atoms with Gasteiger partial charge in [0.05, 0.1) is 0 Å². The number of nitrogens with zero attached hydrogens (tertiary/aromatic N) is 3. The van der Waals surface area contributed by atoms with Crippen LogP contribution in [-0.2, 0) is 44.7 Å². The summed E-state index contributed by atoms with van der Waals surface area (Å²) in [5.41, 5.74) is 11.6. The molecule has 49 heavy (non-hydrogen) atoms. The first-order chi connectivity index (χ1) is 23.7. The third kappa shape index (κ3) is 4.45. The van der Waals surface area contributed by atoms with Gasteiger partial charge >= 0.3 is 21.1 Å². The Balaban J connectivity index is 0.00000325. The molecule has 0 saturated carbocycles. The molecular weight excluding hydrogens is 778 g/mol. The summed E-state index contributed by atoms with van der Waals surface area (Å²) in [4.78, 5) is 9.53. The molecule has 0 N–H and O–H groups in total. The summed E-state index contributed by atoms with van der Waals surface area (Å²) in [6, 6.07) is 58.3. The Labute approximate surface area is 300 Å². The summed E-state index contributed by atoms with van der Waals surface area (Å²) in [7, 11) is 0. The average molecular weight is 809 g/mol. The van der Waals surface area contributed by atoms with Crippen LogP contribution in [0.1, 0.15) is 39.8 Å². The minimum atomic E-state index is -0.483. The molecule has 0 amide bonds. The van der Waals surface area contributed by atoms with Crippen LogP contribution in [0.15, 0.2) is 152 Å². The van der Waals surface area contributed by atoms with Gasteiger partial charge in [-0.15, -0.1) is 46.3 Å². The second-order valence-electron chi connectivity index (χ2n) is 13.4. The van der Waals surface area contributed by atoms with Gasteiger partial charge in [0.2, 0.25) is 0 Å². The van der Waals surface area contributed by atoms with Crippen molar-refractivity contribution in [1.29, 1.82) is 0 Å². The SMILES string of the molecule is [Pt+2].[c-]1c(-c2ccccn2)cccc1C1(c2[c-]c3c(cc2)c2ccccc2n3-c2ccccn2)CC2(Cc3ccccc3C2)c2ccccc21. The van der Waals surface area contributed by atoms with Crippen LogP contribution in [0.4, 0.5) is 0 Å². The normalized spacial score (nSPS) is 17.2. The zero-order valence-electron chi connectivity index (χ0n) is 26.7. The molecule has 0 aliphatic heterocycles. The first-order valence-corrected chi connectivity index (χ1v) is 16.7. The zero-order valence-corrected chi connectivity index (χ0v) is 29.0. The van der Waals surface area contributed by atoms with Crippen molar-refractivity contribution in [2.75, 3.05) is 0 Å². The summed E-state index contributed by atoms with van der Waals surface area (Å²) >= 11 is 0. The molecule has 8 aromatic rings. The number of hydrogen-bond donors (Lipinski definition) is 0. The van der Waals surface area contributed by atoms with Gasteiger partial charge in [-0.25, -0.2) is 4.98 Å². The summed E-state index contributed by atoms with van der Waals surface area (Å²) in [5, 5.41) is 2.38. The van der Waals surface area contributed by atoms with Crippen LogP contribution >= 0.6 is 0 Å². The molecule has 1 spiro atoms. The van der Waals surface area contributed by atoms with Crippen LogP contribution in [0.3, 0.4) is 0 Å². The van der Waals surface area contributed by atoms with Gasteiger partial charge in [0.15, 0.2) is 0 Å². The molecule has 3 heterocycles. The van der Waals surface area contributed by atoms with E-state index in [1.807, 2.05) is 30.6 Å². The first-order valence-electron chi connectivity index (χ1n) is 16.7. The minimum Gasteiger partial charge on any atom is -0.319 e. The molecule has 3 nitrogen and oxygen atoms in total. The molecule has 0 radical (unpaired) electrons. The van der Waals surface area contributed by atoms with Gasteiger partial charge in [0.25, 0.3) is 0 Å². The Morgan fingerprint density at radius 3 is 2.02 bits per heavy atom. The van der Waals surface area contributed by atoms with E-state index >= 15 is 0 Å². The van der Waals surface area contributed by atoms with Crippen molar-refractivity contribution in [1.82, 2.24) is 14.5 Å². The summed E-state index contributed by atoms with van der Waals surface area (Å²) < 4.78 is 2.28. The van der Waals surface area contributed by atoms with Crippen molar-refractivity contribution in [2.24, 2.45) is 0 Å². The summed E-state index contributed by atoms with van der Waals surface area (Å²) in [5.74, 6) is 0.893. The van der Waals surface area contributed by atoms with E-state index in [0.717, 1.165) is 58.5 Å². The van der Waals surface area contributed by atoms with Gasteiger partial charge < -0.3 is 9.55 Å². The molecule has 4 heteroatoms. The van der Waals surface area contributed by atoms with Gasteiger partial charge in [-0.3, -0.25) is 0 Å². The monoisotopic (exact) mass is 808 g/mol. The minimum absolute atomic E-state index is 0. The van der Waals surface area contributed by atoms with Crippen molar-refractivity contribution in [3.63, 3.8) is 0 Å². The van der Waals surface area contributed by atoms with Crippen molar-refractivity contribution >= 4 is 21.8 Å². The van der Waals surface area contributed by atoms with Gasteiger partial charge in [-0.2, -0.15) is 18.2 Å². The second kappa shape index (κ2) is 11.5. The number of pyridine rings is 2. The molecule has 0 bridgehead atoms. The fourth-order valence-electron chi connectivity index (χ4n) is 8.91. The average Bonchev–Trinajstić information content (AvgIpc) is 3.80. The van der Waals surface area contributed by atoms with Crippen LogP contribution in [0.25, 0.3) is 38.9 Å². The molecule has 0 fully saturated rings. The predicted octanol–water partition coefficient (Wildman–Crippen LogP) is 9.61. The van der Waals surface area contributed by atoms with E-state index in [1.54, 1.807) is 0 Å². The van der Waals surface area contributed by atoms with E-state index in [9.17, 15) is 0 Å². The van der Waals surface area contributed by atoms with Crippen LogP contribution in [-0.4, -0.2) is 14.5 Å². The molecule has 0 saturated heterocycles. The Morgan fingerprint density at radius 2 is 1.24 bits per heavy atom. The van der Waals surface area contributed by atoms with Crippen molar-refractivity contribution in [2.45, 2.75) is 30.1 Å². The van der Waals surface area contributed by atoms with Gasteiger partial charge in [-0.1, -0.05) is 90.4 Å². The maximum atomic E-state index is 4.82.